The highest BCUT2D eigenvalue weighted by Gasteiger charge is 2.44. The smallest absolute Gasteiger partial charge is 0.229 e. The number of hydrogen-bond donors (Lipinski definition) is 1. The molecule has 0 aliphatic heterocycles. The lowest BCUT2D eigenvalue weighted by molar-refractivity contribution is 0.265. The number of rotatable bonds is 3. The van der Waals surface area contributed by atoms with Gasteiger partial charge in [0.1, 0.15) is 0 Å². The van der Waals surface area contributed by atoms with Crippen LogP contribution < -0.4 is 5.73 Å². The zero-order valence-electron chi connectivity index (χ0n) is 12.9. The summed E-state index contributed by atoms with van der Waals surface area (Å²) < 4.78 is 5.64. The van der Waals surface area contributed by atoms with Crippen LogP contribution >= 0.6 is 0 Å². The fraction of sp³-hybridized carbons (Fsp3) is 0.556. The molecule has 22 heavy (non-hydrogen) atoms. The van der Waals surface area contributed by atoms with E-state index >= 15 is 0 Å². The van der Waals surface area contributed by atoms with E-state index in [0.717, 1.165) is 50.2 Å². The topological polar surface area (TPSA) is 64.9 Å². The molecule has 0 unspecified atom stereocenters. The summed E-state index contributed by atoms with van der Waals surface area (Å²) in [5.41, 5.74) is 7.38. The van der Waals surface area contributed by atoms with Crippen LogP contribution in [0.15, 0.2) is 34.9 Å². The minimum Gasteiger partial charge on any atom is -0.339 e. The fourth-order valence-electron chi connectivity index (χ4n) is 3.98. The molecule has 4 heteroatoms. The molecule has 2 fully saturated rings. The Morgan fingerprint density at radius 3 is 2.59 bits per heavy atom. The molecule has 4 nitrogen and oxygen atoms in total. The highest BCUT2D eigenvalue weighted by atomic mass is 16.5. The van der Waals surface area contributed by atoms with Crippen LogP contribution in [0.1, 0.15) is 68.1 Å². The van der Waals surface area contributed by atoms with E-state index in [1.807, 2.05) is 0 Å². The van der Waals surface area contributed by atoms with Gasteiger partial charge >= 0.3 is 0 Å². The van der Waals surface area contributed by atoms with E-state index in [9.17, 15) is 0 Å². The zero-order chi connectivity index (χ0) is 15.0. The number of benzene rings is 1. The first kappa shape index (κ1) is 13.9. The summed E-state index contributed by atoms with van der Waals surface area (Å²) in [5, 5.41) is 4.36. The van der Waals surface area contributed by atoms with Crippen LogP contribution in [0.4, 0.5) is 0 Å². The molecule has 2 aliphatic rings. The predicted molar refractivity (Wildman–Crippen MR) is 84.6 cm³/mol. The van der Waals surface area contributed by atoms with Gasteiger partial charge < -0.3 is 10.3 Å². The van der Waals surface area contributed by atoms with Gasteiger partial charge in [-0.25, -0.2) is 0 Å². The molecule has 2 N–H and O–H groups in total. The van der Waals surface area contributed by atoms with Crippen molar-refractivity contribution in [3.63, 3.8) is 0 Å². The maximum atomic E-state index is 6.09. The Hall–Kier alpha value is -1.68. The van der Waals surface area contributed by atoms with Gasteiger partial charge in [0.15, 0.2) is 5.82 Å². The molecular formula is C18H23N3O. The van der Waals surface area contributed by atoms with Crippen LogP contribution in [-0.2, 0) is 5.41 Å². The van der Waals surface area contributed by atoms with E-state index in [4.69, 9.17) is 15.2 Å². The quantitative estimate of drug-likeness (QED) is 0.941. The van der Waals surface area contributed by atoms with Gasteiger partial charge in [0, 0.05) is 12.0 Å². The summed E-state index contributed by atoms with van der Waals surface area (Å²) >= 11 is 0. The number of aromatic nitrogens is 2. The van der Waals surface area contributed by atoms with Crippen molar-refractivity contribution in [2.75, 3.05) is 0 Å². The Morgan fingerprint density at radius 1 is 1.09 bits per heavy atom. The largest absolute Gasteiger partial charge is 0.339 e. The third-order valence-corrected chi connectivity index (χ3v) is 5.47. The van der Waals surface area contributed by atoms with Gasteiger partial charge in [0.05, 0.1) is 5.41 Å². The maximum Gasteiger partial charge on any atom is 0.229 e. The summed E-state index contributed by atoms with van der Waals surface area (Å²) in [6.07, 6.45) is 7.82. The number of hydrogen-bond acceptors (Lipinski definition) is 4. The molecule has 0 amide bonds. The molecule has 2 atom stereocenters. The Balaban J connectivity index is 1.63. The molecule has 0 radical (unpaired) electrons. The van der Waals surface area contributed by atoms with Crippen LogP contribution in [-0.4, -0.2) is 16.2 Å². The minimum absolute atomic E-state index is 0.0280. The maximum absolute atomic E-state index is 6.09. The van der Waals surface area contributed by atoms with Crippen LogP contribution in [0.2, 0.25) is 0 Å². The molecule has 0 saturated heterocycles. The molecule has 0 spiro atoms. The second kappa shape index (κ2) is 5.51. The lowest BCUT2D eigenvalue weighted by Gasteiger charge is -2.39. The molecular weight excluding hydrogens is 274 g/mol. The van der Waals surface area contributed by atoms with Gasteiger partial charge in [-0.05, 0) is 37.7 Å². The Labute approximate surface area is 131 Å². The van der Waals surface area contributed by atoms with Gasteiger partial charge in [0.25, 0.3) is 0 Å². The molecule has 2 aliphatic carbocycles. The number of nitrogens with zero attached hydrogens (tertiary/aromatic N) is 2. The summed E-state index contributed by atoms with van der Waals surface area (Å²) in [6.45, 7) is 0. The third-order valence-electron chi connectivity index (χ3n) is 5.47. The van der Waals surface area contributed by atoms with Crippen LogP contribution in [0.3, 0.4) is 0 Å². The Bertz CT molecular complexity index is 633. The van der Waals surface area contributed by atoms with Gasteiger partial charge in [0.2, 0.25) is 5.89 Å². The molecule has 4 rings (SSSR count). The van der Waals surface area contributed by atoms with Gasteiger partial charge in [-0.3, -0.25) is 0 Å². The number of nitrogens with two attached hydrogens (primary N) is 1. The van der Waals surface area contributed by atoms with Crippen LogP contribution in [0.5, 0.6) is 0 Å². The Kier molecular flexibility index (Phi) is 3.49. The second-order valence-electron chi connectivity index (χ2n) is 6.88. The van der Waals surface area contributed by atoms with Crippen molar-refractivity contribution >= 4 is 0 Å². The van der Waals surface area contributed by atoms with E-state index in [-0.39, 0.29) is 11.5 Å². The van der Waals surface area contributed by atoms with E-state index < -0.39 is 0 Å². The second-order valence-corrected chi connectivity index (χ2v) is 6.88. The van der Waals surface area contributed by atoms with Gasteiger partial charge in [-0.15, -0.1) is 0 Å². The summed E-state index contributed by atoms with van der Waals surface area (Å²) in [7, 11) is 0. The lowest BCUT2D eigenvalue weighted by atomic mass is 9.64. The van der Waals surface area contributed by atoms with Crippen molar-refractivity contribution < 1.29 is 4.52 Å². The molecule has 2 saturated carbocycles. The average molecular weight is 297 g/mol. The molecule has 116 valence electrons. The minimum atomic E-state index is -0.0280. The van der Waals surface area contributed by atoms with E-state index in [1.165, 1.54) is 12.0 Å². The highest BCUT2D eigenvalue weighted by molar-refractivity contribution is 5.35. The zero-order valence-corrected chi connectivity index (χ0v) is 12.9. The summed E-state index contributed by atoms with van der Waals surface area (Å²) in [5.74, 6) is 2.02. The first-order valence-electron chi connectivity index (χ1n) is 8.43. The third kappa shape index (κ3) is 2.26. The average Bonchev–Trinajstić information content (AvgIpc) is 2.97. The van der Waals surface area contributed by atoms with Gasteiger partial charge in [-0.2, -0.15) is 4.98 Å². The van der Waals surface area contributed by atoms with Crippen LogP contribution in [0.25, 0.3) is 0 Å². The van der Waals surface area contributed by atoms with E-state index in [0.29, 0.717) is 5.92 Å². The first-order chi connectivity index (χ1) is 10.8. The molecule has 1 aromatic heterocycles. The monoisotopic (exact) mass is 297 g/mol. The standard InChI is InChI=1S/C18H23N3O/c19-15-9-4-6-13(12-15)16-20-17(21-22-16)18(10-5-11-18)14-7-2-1-3-8-14/h1-3,7-8,13,15H,4-6,9-12,19H2/t13-,15+/m0/s1. The van der Waals surface area contributed by atoms with Gasteiger partial charge in [-0.1, -0.05) is 48.3 Å². The van der Waals surface area contributed by atoms with Crippen molar-refractivity contribution in [2.45, 2.75) is 62.3 Å². The molecule has 1 heterocycles. The summed E-state index contributed by atoms with van der Waals surface area (Å²) in [6, 6.07) is 10.9. The van der Waals surface area contributed by atoms with Crippen molar-refractivity contribution in [1.82, 2.24) is 10.1 Å². The highest BCUT2D eigenvalue weighted by Crippen LogP contribution is 2.48. The summed E-state index contributed by atoms with van der Waals surface area (Å²) in [4.78, 5) is 4.81. The fourth-order valence-corrected chi connectivity index (χ4v) is 3.98. The molecule has 1 aromatic carbocycles. The Morgan fingerprint density at radius 2 is 1.91 bits per heavy atom. The van der Waals surface area contributed by atoms with Crippen molar-refractivity contribution in [3.8, 4) is 0 Å². The van der Waals surface area contributed by atoms with Crippen LogP contribution in [0, 0.1) is 0 Å². The first-order valence-corrected chi connectivity index (χ1v) is 8.43. The van der Waals surface area contributed by atoms with Crippen molar-refractivity contribution in [1.29, 1.82) is 0 Å². The van der Waals surface area contributed by atoms with Crippen molar-refractivity contribution in [2.24, 2.45) is 5.73 Å². The lowest BCUT2D eigenvalue weighted by Crippen LogP contribution is -2.36. The van der Waals surface area contributed by atoms with E-state index in [1.54, 1.807) is 0 Å². The van der Waals surface area contributed by atoms with Crippen molar-refractivity contribution in [3.05, 3.63) is 47.6 Å². The normalized spacial score (nSPS) is 27.3. The molecule has 2 aromatic rings. The van der Waals surface area contributed by atoms with E-state index in [2.05, 4.69) is 35.5 Å². The SMILES string of the molecule is N[C@@H]1CCC[C@H](c2nc(C3(c4ccccc4)CCC3)no2)C1. The molecule has 0 bridgehead atoms. The predicted octanol–water partition coefficient (Wildman–Crippen LogP) is 3.52.